The number of piperidine rings is 1. The van der Waals surface area contributed by atoms with Crippen LogP contribution >= 0.6 is 0 Å². The molecule has 7 heteroatoms. The Hall–Kier alpha value is -2.41. The fraction of sp³-hybridized carbons (Fsp3) is 0.591. The second kappa shape index (κ2) is 9.87. The van der Waals surface area contributed by atoms with Crippen LogP contribution in [0.15, 0.2) is 30.3 Å². The molecule has 3 rings (SSSR count). The van der Waals surface area contributed by atoms with Crippen molar-refractivity contribution in [2.45, 2.75) is 69.5 Å². The van der Waals surface area contributed by atoms with Gasteiger partial charge in [0.1, 0.15) is 12.1 Å². The van der Waals surface area contributed by atoms with Crippen LogP contribution in [-0.2, 0) is 20.8 Å². The topological polar surface area (TPSA) is 107 Å². The van der Waals surface area contributed by atoms with Crippen molar-refractivity contribution in [1.82, 2.24) is 10.2 Å². The van der Waals surface area contributed by atoms with Gasteiger partial charge < -0.3 is 15.1 Å². The van der Waals surface area contributed by atoms with Gasteiger partial charge in [0, 0.05) is 6.04 Å². The Bertz CT molecular complexity index is 723. The number of benzene rings is 1. The normalized spacial score (nSPS) is 25.1. The first kappa shape index (κ1) is 21.3. The van der Waals surface area contributed by atoms with Crippen molar-refractivity contribution in [2.75, 3.05) is 6.54 Å². The van der Waals surface area contributed by atoms with Crippen LogP contribution in [0.5, 0.6) is 0 Å². The number of carbonyl (C=O) groups excluding carboxylic acids is 1. The molecule has 1 aromatic carbocycles. The molecular weight excluding hydrogens is 372 g/mol. The van der Waals surface area contributed by atoms with E-state index in [1.54, 1.807) is 4.90 Å². The Morgan fingerprint density at radius 2 is 1.76 bits per heavy atom. The molecule has 2 aliphatic rings. The largest absolute Gasteiger partial charge is 0.480 e. The number of carboxylic acid groups (broad SMARTS) is 2. The lowest BCUT2D eigenvalue weighted by atomic mass is 9.76. The molecule has 7 nitrogen and oxygen atoms in total. The smallest absolute Gasteiger partial charge is 0.326 e. The molecule has 1 saturated carbocycles. The molecule has 0 aromatic heterocycles. The van der Waals surface area contributed by atoms with E-state index >= 15 is 0 Å². The molecule has 3 unspecified atom stereocenters. The number of aryl methyl sites for hydroxylation is 1. The number of hydrogen-bond donors (Lipinski definition) is 3. The molecule has 1 heterocycles. The minimum absolute atomic E-state index is 0.0412. The van der Waals surface area contributed by atoms with Gasteiger partial charge in [0.2, 0.25) is 5.91 Å². The first-order valence-electron chi connectivity index (χ1n) is 10.5. The van der Waals surface area contributed by atoms with Crippen molar-refractivity contribution in [3.63, 3.8) is 0 Å². The van der Waals surface area contributed by atoms with E-state index in [0.29, 0.717) is 25.2 Å². The summed E-state index contributed by atoms with van der Waals surface area (Å²) in [4.78, 5) is 37.9. The maximum atomic E-state index is 13.0. The summed E-state index contributed by atoms with van der Waals surface area (Å²) in [5.74, 6) is -1.92. The Labute approximate surface area is 171 Å². The third-order valence-corrected chi connectivity index (χ3v) is 6.31. The van der Waals surface area contributed by atoms with E-state index in [1.165, 1.54) is 0 Å². The Balaban J connectivity index is 1.62. The first-order valence-corrected chi connectivity index (χ1v) is 10.5. The number of fused-ring (bicyclic) bond motifs is 1. The Morgan fingerprint density at radius 3 is 2.45 bits per heavy atom. The molecule has 0 bridgehead atoms. The van der Waals surface area contributed by atoms with Crippen LogP contribution in [0.25, 0.3) is 0 Å². The molecular formula is C22H30N2O5. The highest BCUT2D eigenvalue weighted by atomic mass is 16.4. The molecule has 1 aliphatic carbocycles. The van der Waals surface area contributed by atoms with Gasteiger partial charge in [-0.05, 0) is 50.0 Å². The number of nitrogens with one attached hydrogen (secondary N) is 1. The SMILES string of the molecule is O=C(O)C(CCc1ccccc1)NCC(=O)N1C2CCCCC2CC[C@H]1C(=O)O. The number of nitrogens with zero attached hydrogens (tertiary/aromatic N) is 1. The quantitative estimate of drug-likeness (QED) is 0.616. The standard InChI is InChI=1S/C22H30N2O5/c25-20(14-23-17(21(26)27)12-10-15-6-2-1-3-7-15)24-18-9-5-4-8-16(18)11-13-19(24)22(28)29/h1-3,6-7,16-19,23H,4-5,8-14H2,(H,26,27)(H,28,29)/t16?,17?,18?,19-/m0/s1. The summed E-state index contributed by atoms with van der Waals surface area (Å²) in [6.07, 6.45) is 6.25. The van der Waals surface area contributed by atoms with Gasteiger partial charge in [-0.2, -0.15) is 0 Å². The number of carboxylic acids is 2. The predicted octanol–water partition coefficient (Wildman–Crippen LogP) is 2.30. The van der Waals surface area contributed by atoms with E-state index in [4.69, 9.17) is 0 Å². The Kier molecular flexibility index (Phi) is 7.25. The van der Waals surface area contributed by atoms with E-state index in [0.717, 1.165) is 37.7 Å². The van der Waals surface area contributed by atoms with Gasteiger partial charge in [-0.15, -0.1) is 0 Å². The molecule has 1 amide bonds. The van der Waals surface area contributed by atoms with Crippen molar-refractivity contribution in [1.29, 1.82) is 0 Å². The Morgan fingerprint density at radius 1 is 1.03 bits per heavy atom. The van der Waals surface area contributed by atoms with E-state index in [1.807, 2.05) is 30.3 Å². The van der Waals surface area contributed by atoms with Crippen LogP contribution in [-0.4, -0.2) is 57.6 Å². The van der Waals surface area contributed by atoms with Crippen molar-refractivity contribution in [3.8, 4) is 0 Å². The van der Waals surface area contributed by atoms with Crippen LogP contribution in [0.3, 0.4) is 0 Å². The van der Waals surface area contributed by atoms with Crippen molar-refractivity contribution >= 4 is 17.8 Å². The maximum absolute atomic E-state index is 13.0. The number of hydrogen-bond acceptors (Lipinski definition) is 4. The molecule has 0 radical (unpaired) electrons. The summed E-state index contributed by atoms with van der Waals surface area (Å²) in [5, 5.41) is 22.0. The summed E-state index contributed by atoms with van der Waals surface area (Å²) >= 11 is 0. The highest BCUT2D eigenvalue weighted by Gasteiger charge is 2.43. The van der Waals surface area contributed by atoms with Gasteiger partial charge in [-0.3, -0.25) is 14.9 Å². The van der Waals surface area contributed by atoms with Gasteiger partial charge in [-0.1, -0.05) is 43.2 Å². The number of amides is 1. The van der Waals surface area contributed by atoms with Crippen LogP contribution in [0.2, 0.25) is 0 Å². The van der Waals surface area contributed by atoms with Crippen molar-refractivity contribution in [2.24, 2.45) is 5.92 Å². The zero-order valence-corrected chi connectivity index (χ0v) is 16.6. The lowest BCUT2D eigenvalue weighted by Gasteiger charge is -2.47. The van der Waals surface area contributed by atoms with Gasteiger partial charge in [0.15, 0.2) is 0 Å². The molecule has 29 heavy (non-hydrogen) atoms. The van der Waals surface area contributed by atoms with Crippen LogP contribution in [0.4, 0.5) is 0 Å². The van der Waals surface area contributed by atoms with E-state index < -0.39 is 24.0 Å². The summed E-state index contributed by atoms with van der Waals surface area (Å²) < 4.78 is 0. The fourth-order valence-corrected chi connectivity index (χ4v) is 4.80. The second-order valence-electron chi connectivity index (χ2n) is 8.14. The van der Waals surface area contributed by atoms with E-state index in [-0.39, 0.29) is 18.5 Å². The molecule has 4 atom stereocenters. The van der Waals surface area contributed by atoms with Gasteiger partial charge in [0.05, 0.1) is 6.54 Å². The highest BCUT2D eigenvalue weighted by Crippen LogP contribution is 2.38. The van der Waals surface area contributed by atoms with Crippen LogP contribution < -0.4 is 5.32 Å². The number of likely N-dealkylation sites (tertiary alicyclic amines) is 1. The molecule has 1 aliphatic heterocycles. The average Bonchev–Trinajstić information content (AvgIpc) is 2.73. The van der Waals surface area contributed by atoms with Gasteiger partial charge >= 0.3 is 11.9 Å². The lowest BCUT2D eigenvalue weighted by molar-refractivity contribution is -0.158. The lowest BCUT2D eigenvalue weighted by Crippen LogP contribution is -2.59. The zero-order valence-electron chi connectivity index (χ0n) is 16.6. The summed E-state index contributed by atoms with van der Waals surface area (Å²) in [6, 6.07) is 7.91. The summed E-state index contributed by atoms with van der Waals surface area (Å²) in [5.41, 5.74) is 1.04. The maximum Gasteiger partial charge on any atom is 0.326 e. The zero-order chi connectivity index (χ0) is 20.8. The van der Waals surface area contributed by atoms with E-state index in [9.17, 15) is 24.6 Å². The first-order chi connectivity index (χ1) is 14.0. The molecule has 2 fully saturated rings. The molecule has 1 saturated heterocycles. The minimum Gasteiger partial charge on any atom is -0.480 e. The molecule has 0 spiro atoms. The fourth-order valence-electron chi connectivity index (χ4n) is 4.80. The van der Waals surface area contributed by atoms with Gasteiger partial charge in [0.25, 0.3) is 0 Å². The summed E-state index contributed by atoms with van der Waals surface area (Å²) in [6.45, 7) is -0.154. The number of rotatable bonds is 8. The number of carbonyl (C=O) groups is 3. The third kappa shape index (κ3) is 5.35. The molecule has 1 aromatic rings. The van der Waals surface area contributed by atoms with Crippen molar-refractivity contribution < 1.29 is 24.6 Å². The molecule has 158 valence electrons. The minimum atomic E-state index is -1.00. The van der Waals surface area contributed by atoms with Crippen LogP contribution in [0.1, 0.15) is 50.5 Å². The number of aliphatic carboxylic acids is 2. The highest BCUT2D eigenvalue weighted by molar-refractivity contribution is 5.86. The van der Waals surface area contributed by atoms with Crippen molar-refractivity contribution in [3.05, 3.63) is 35.9 Å². The van der Waals surface area contributed by atoms with E-state index in [2.05, 4.69) is 5.32 Å². The second-order valence-corrected chi connectivity index (χ2v) is 8.14. The monoisotopic (exact) mass is 402 g/mol. The van der Waals surface area contributed by atoms with Crippen LogP contribution in [0, 0.1) is 5.92 Å². The predicted molar refractivity (Wildman–Crippen MR) is 107 cm³/mol. The average molecular weight is 402 g/mol. The molecule has 3 N–H and O–H groups in total. The summed E-state index contributed by atoms with van der Waals surface area (Å²) in [7, 11) is 0. The van der Waals surface area contributed by atoms with Gasteiger partial charge in [-0.25, -0.2) is 4.79 Å². The third-order valence-electron chi connectivity index (χ3n) is 6.31.